The maximum absolute atomic E-state index is 11.0. The lowest BCUT2D eigenvalue weighted by Crippen LogP contribution is -1.91. The van der Waals surface area contributed by atoms with Gasteiger partial charge in [-0.1, -0.05) is 17.8 Å². The third-order valence-electron chi connectivity index (χ3n) is 2.38. The molecule has 0 aliphatic carbocycles. The summed E-state index contributed by atoms with van der Waals surface area (Å²) in [6.45, 7) is 1.82. The van der Waals surface area contributed by atoms with E-state index in [2.05, 4.69) is 0 Å². The molecule has 0 fully saturated rings. The molecule has 0 aliphatic heterocycles. The van der Waals surface area contributed by atoms with Crippen molar-refractivity contribution in [2.75, 3.05) is 0 Å². The molecular formula is C13H11NO3S. The van der Waals surface area contributed by atoms with Gasteiger partial charge in [0, 0.05) is 11.0 Å². The second-order valence-corrected chi connectivity index (χ2v) is 4.94. The molecule has 0 amide bonds. The Hall–Kier alpha value is -2.01. The van der Waals surface area contributed by atoms with Crippen molar-refractivity contribution in [3.8, 4) is 5.75 Å². The first-order valence-electron chi connectivity index (χ1n) is 5.28. The van der Waals surface area contributed by atoms with Crippen LogP contribution in [0, 0.1) is 17.0 Å². The Kier molecular flexibility index (Phi) is 3.53. The summed E-state index contributed by atoms with van der Waals surface area (Å²) in [7, 11) is 0. The Labute approximate surface area is 108 Å². The van der Waals surface area contributed by atoms with Crippen LogP contribution in [0.1, 0.15) is 5.56 Å². The van der Waals surface area contributed by atoms with Crippen molar-refractivity contribution in [3.63, 3.8) is 0 Å². The molecule has 0 atom stereocenters. The van der Waals surface area contributed by atoms with Crippen molar-refractivity contribution in [2.24, 2.45) is 0 Å². The predicted molar refractivity (Wildman–Crippen MR) is 70.1 cm³/mol. The Bertz CT molecular complexity index is 581. The van der Waals surface area contributed by atoms with Crippen LogP contribution in [0.5, 0.6) is 5.75 Å². The standard InChI is InChI=1S/C13H11NO3S/c1-9-2-7-13(12(8-9)14(16)17)18-11-5-3-10(15)4-6-11/h2-8,15H,1H3. The summed E-state index contributed by atoms with van der Waals surface area (Å²) < 4.78 is 0. The van der Waals surface area contributed by atoms with E-state index in [9.17, 15) is 15.2 Å². The van der Waals surface area contributed by atoms with E-state index in [4.69, 9.17) is 0 Å². The molecule has 0 aromatic heterocycles. The second kappa shape index (κ2) is 5.10. The maximum Gasteiger partial charge on any atom is 0.283 e. The summed E-state index contributed by atoms with van der Waals surface area (Å²) in [4.78, 5) is 12.0. The number of hydrogen-bond donors (Lipinski definition) is 1. The van der Waals surface area contributed by atoms with E-state index in [1.807, 2.05) is 13.0 Å². The molecule has 0 radical (unpaired) electrons. The van der Waals surface area contributed by atoms with Crippen molar-refractivity contribution in [1.29, 1.82) is 0 Å². The largest absolute Gasteiger partial charge is 0.508 e. The molecule has 2 aromatic carbocycles. The highest BCUT2D eigenvalue weighted by atomic mass is 32.2. The highest BCUT2D eigenvalue weighted by Crippen LogP contribution is 2.35. The normalized spacial score (nSPS) is 10.3. The van der Waals surface area contributed by atoms with Gasteiger partial charge in [-0.3, -0.25) is 10.1 Å². The SMILES string of the molecule is Cc1ccc(Sc2ccc(O)cc2)c([N+](=O)[O-])c1. The molecular weight excluding hydrogens is 250 g/mol. The van der Waals surface area contributed by atoms with Crippen LogP contribution in [-0.4, -0.2) is 10.0 Å². The van der Waals surface area contributed by atoms with Crippen molar-refractivity contribution < 1.29 is 10.0 Å². The summed E-state index contributed by atoms with van der Waals surface area (Å²) in [6.07, 6.45) is 0. The number of aryl methyl sites for hydroxylation is 1. The molecule has 0 saturated heterocycles. The molecule has 4 nitrogen and oxygen atoms in total. The number of nitrogens with zero attached hydrogens (tertiary/aromatic N) is 1. The number of phenols is 1. The number of rotatable bonds is 3. The Morgan fingerprint density at radius 2 is 1.83 bits per heavy atom. The smallest absolute Gasteiger partial charge is 0.283 e. The van der Waals surface area contributed by atoms with Gasteiger partial charge in [-0.15, -0.1) is 0 Å². The van der Waals surface area contributed by atoms with Crippen LogP contribution in [0.4, 0.5) is 5.69 Å². The quantitative estimate of drug-likeness (QED) is 0.675. The lowest BCUT2D eigenvalue weighted by Gasteiger charge is -2.04. The second-order valence-electron chi connectivity index (χ2n) is 3.82. The van der Waals surface area contributed by atoms with Gasteiger partial charge in [0.25, 0.3) is 5.69 Å². The first-order chi connectivity index (χ1) is 8.56. The van der Waals surface area contributed by atoms with E-state index in [-0.39, 0.29) is 16.4 Å². The first kappa shape index (κ1) is 12.4. The number of nitro groups is 1. The first-order valence-corrected chi connectivity index (χ1v) is 6.10. The van der Waals surface area contributed by atoms with E-state index in [0.29, 0.717) is 4.90 Å². The van der Waals surface area contributed by atoms with Crippen LogP contribution in [0.3, 0.4) is 0 Å². The van der Waals surface area contributed by atoms with Gasteiger partial charge in [0.15, 0.2) is 0 Å². The van der Waals surface area contributed by atoms with Crippen molar-refractivity contribution in [3.05, 3.63) is 58.1 Å². The van der Waals surface area contributed by atoms with Gasteiger partial charge >= 0.3 is 0 Å². The molecule has 0 heterocycles. The Balaban J connectivity index is 2.34. The van der Waals surface area contributed by atoms with Gasteiger partial charge in [0.1, 0.15) is 5.75 Å². The fourth-order valence-electron chi connectivity index (χ4n) is 1.50. The van der Waals surface area contributed by atoms with Crippen molar-refractivity contribution >= 4 is 17.4 Å². The topological polar surface area (TPSA) is 63.4 Å². The van der Waals surface area contributed by atoms with Crippen LogP contribution in [0.2, 0.25) is 0 Å². The van der Waals surface area contributed by atoms with E-state index in [0.717, 1.165) is 10.5 Å². The van der Waals surface area contributed by atoms with Crippen LogP contribution in [0.25, 0.3) is 0 Å². The number of hydrogen-bond acceptors (Lipinski definition) is 4. The minimum Gasteiger partial charge on any atom is -0.508 e. The van der Waals surface area contributed by atoms with Gasteiger partial charge in [-0.05, 0) is 42.8 Å². The fourth-order valence-corrected chi connectivity index (χ4v) is 2.40. The summed E-state index contributed by atoms with van der Waals surface area (Å²) in [5, 5.41) is 20.2. The third-order valence-corrected chi connectivity index (χ3v) is 3.45. The van der Waals surface area contributed by atoms with Gasteiger partial charge in [-0.25, -0.2) is 0 Å². The number of phenolic OH excluding ortho intramolecular Hbond substituents is 1. The monoisotopic (exact) mass is 261 g/mol. The average Bonchev–Trinajstić information content (AvgIpc) is 2.34. The molecule has 18 heavy (non-hydrogen) atoms. The maximum atomic E-state index is 11.0. The molecule has 0 saturated carbocycles. The molecule has 0 bridgehead atoms. The van der Waals surface area contributed by atoms with Crippen LogP contribution < -0.4 is 0 Å². The highest BCUT2D eigenvalue weighted by molar-refractivity contribution is 7.99. The Morgan fingerprint density at radius 3 is 2.44 bits per heavy atom. The van der Waals surface area contributed by atoms with E-state index in [1.54, 1.807) is 36.4 Å². The number of nitro benzene ring substituents is 1. The molecule has 92 valence electrons. The molecule has 1 N–H and O–H groups in total. The Morgan fingerprint density at radius 1 is 1.17 bits per heavy atom. The fraction of sp³-hybridized carbons (Fsp3) is 0.0769. The summed E-state index contributed by atoms with van der Waals surface area (Å²) in [5.74, 6) is 0.178. The molecule has 0 aliphatic rings. The summed E-state index contributed by atoms with van der Waals surface area (Å²) >= 11 is 1.31. The molecule has 5 heteroatoms. The minimum atomic E-state index is -0.379. The highest BCUT2D eigenvalue weighted by Gasteiger charge is 2.14. The molecule has 2 aromatic rings. The summed E-state index contributed by atoms with van der Waals surface area (Å²) in [5.41, 5.74) is 0.963. The molecule has 0 unspecified atom stereocenters. The van der Waals surface area contributed by atoms with Gasteiger partial charge in [-0.2, -0.15) is 0 Å². The minimum absolute atomic E-state index is 0.105. The van der Waals surface area contributed by atoms with Gasteiger partial charge in [0.2, 0.25) is 0 Å². The number of benzene rings is 2. The van der Waals surface area contributed by atoms with Crippen molar-refractivity contribution in [2.45, 2.75) is 16.7 Å². The lowest BCUT2D eigenvalue weighted by molar-refractivity contribution is -0.387. The summed E-state index contributed by atoms with van der Waals surface area (Å²) in [6, 6.07) is 11.7. The zero-order valence-electron chi connectivity index (χ0n) is 9.66. The third kappa shape index (κ3) is 2.81. The van der Waals surface area contributed by atoms with Gasteiger partial charge in [0.05, 0.1) is 9.82 Å². The van der Waals surface area contributed by atoms with Gasteiger partial charge < -0.3 is 5.11 Å². The van der Waals surface area contributed by atoms with Crippen LogP contribution in [0.15, 0.2) is 52.3 Å². The predicted octanol–water partition coefficient (Wildman–Crippen LogP) is 3.76. The zero-order valence-corrected chi connectivity index (χ0v) is 10.5. The van der Waals surface area contributed by atoms with E-state index >= 15 is 0 Å². The van der Waals surface area contributed by atoms with E-state index < -0.39 is 0 Å². The van der Waals surface area contributed by atoms with Crippen molar-refractivity contribution in [1.82, 2.24) is 0 Å². The molecule has 0 spiro atoms. The average molecular weight is 261 g/mol. The molecule has 2 rings (SSSR count). The van der Waals surface area contributed by atoms with E-state index in [1.165, 1.54) is 11.8 Å². The lowest BCUT2D eigenvalue weighted by atomic mass is 10.2. The number of aromatic hydroxyl groups is 1. The van der Waals surface area contributed by atoms with Crippen LogP contribution >= 0.6 is 11.8 Å². The zero-order chi connectivity index (χ0) is 13.1. The van der Waals surface area contributed by atoms with Crippen LogP contribution in [-0.2, 0) is 0 Å².